The van der Waals surface area contributed by atoms with Crippen LogP contribution in [-0.2, 0) is 6.54 Å². The number of nitrogens with two attached hydrogens (primary N) is 1. The van der Waals surface area contributed by atoms with E-state index in [1.54, 1.807) is 17.4 Å². The van der Waals surface area contributed by atoms with Gasteiger partial charge in [0, 0.05) is 44.2 Å². The second-order valence-corrected chi connectivity index (χ2v) is 6.48. The van der Waals surface area contributed by atoms with Gasteiger partial charge in [-0.05, 0) is 6.92 Å². The molecule has 2 aromatic rings. The van der Waals surface area contributed by atoms with Crippen molar-refractivity contribution in [3.8, 4) is 0 Å². The number of nitrogens with zero attached hydrogens (tertiary/aromatic N) is 5. The minimum atomic E-state index is 0.220. The van der Waals surface area contributed by atoms with E-state index in [4.69, 9.17) is 17.3 Å². The summed E-state index contributed by atoms with van der Waals surface area (Å²) >= 11 is 7.63. The molecule has 0 amide bonds. The molecule has 1 aliphatic rings. The van der Waals surface area contributed by atoms with Crippen LogP contribution in [0.3, 0.4) is 0 Å². The lowest BCUT2D eigenvalue weighted by Crippen LogP contribution is -2.46. The number of hydrogen-bond donors (Lipinski definition) is 1. The van der Waals surface area contributed by atoms with Gasteiger partial charge in [0.05, 0.1) is 10.7 Å². The lowest BCUT2D eigenvalue weighted by atomic mass is 10.3. The zero-order valence-electron chi connectivity index (χ0n) is 11.8. The van der Waals surface area contributed by atoms with Crippen molar-refractivity contribution in [1.29, 1.82) is 0 Å². The molecule has 6 nitrogen and oxygen atoms in total. The zero-order valence-corrected chi connectivity index (χ0v) is 13.4. The Hall–Kier alpha value is -1.44. The summed E-state index contributed by atoms with van der Waals surface area (Å²) in [5, 5.41) is 3.64. The van der Waals surface area contributed by atoms with Gasteiger partial charge < -0.3 is 10.6 Å². The molecule has 1 saturated heterocycles. The van der Waals surface area contributed by atoms with Crippen molar-refractivity contribution in [2.75, 3.05) is 36.8 Å². The molecule has 0 aliphatic carbocycles. The molecule has 0 unspecified atom stereocenters. The van der Waals surface area contributed by atoms with Crippen LogP contribution in [0.15, 0.2) is 11.4 Å². The van der Waals surface area contributed by atoms with Crippen LogP contribution in [0.1, 0.15) is 10.7 Å². The Labute approximate surface area is 132 Å². The van der Waals surface area contributed by atoms with Crippen molar-refractivity contribution in [2.45, 2.75) is 13.5 Å². The molecular weight excluding hydrogens is 308 g/mol. The second-order valence-electron chi connectivity index (χ2n) is 5.03. The number of rotatable bonds is 3. The van der Waals surface area contributed by atoms with Crippen LogP contribution in [0.5, 0.6) is 0 Å². The lowest BCUT2D eigenvalue weighted by Gasteiger charge is -2.35. The van der Waals surface area contributed by atoms with E-state index in [2.05, 4.69) is 30.1 Å². The summed E-state index contributed by atoms with van der Waals surface area (Å²) in [6, 6.07) is 1.76. The summed E-state index contributed by atoms with van der Waals surface area (Å²) in [7, 11) is 0. The predicted molar refractivity (Wildman–Crippen MR) is 85.8 cm³/mol. The number of halogens is 1. The Balaban J connectivity index is 1.59. The van der Waals surface area contributed by atoms with E-state index < -0.39 is 0 Å². The first-order chi connectivity index (χ1) is 10.1. The van der Waals surface area contributed by atoms with E-state index in [0.717, 1.165) is 49.2 Å². The van der Waals surface area contributed by atoms with E-state index in [1.165, 1.54) is 0 Å². The third-order valence-electron chi connectivity index (χ3n) is 3.45. The molecule has 2 N–H and O–H groups in total. The van der Waals surface area contributed by atoms with Crippen LogP contribution < -0.4 is 10.6 Å². The normalized spacial score (nSPS) is 16.4. The molecule has 1 aliphatic heterocycles. The SMILES string of the molecule is Cc1nc(CN2CCN(c3cc(Cl)nc(N)n3)CC2)cs1. The van der Waals surface area contributed by atoms with E-state index in [1.807, 2.05) is 6.92 Å². The third kappa shape index (κ3) is 3.61. The molecule has 0 bridgehead atoms. The summed E-state index contributed by atoms with van der Waals surface area (Å²) in [5.74, 6) is 1.02. The quantitative estimate of drug-likeness (QED) is 0.868. The Kier molecular flexibility index (Phi) is 4.23. The highest BCUT2D eigenvalue weighted by Gasteiger charge is 2.19. The maximum atomic E-state index is 5.93. The number of nitrogen functional groups attached to an aromatic ring is 1. The first-order valence-corrected chi connectivity index (χ1v) is 8.04. The highest BCUT2D eigenvalue weighted by atomic mass is 35.5. The average Bonchev–Trinajstić information content (AvgIpc) is 2.84. The molecule has 3 rings (SSSR count). The zero-order chi connectivity index (χ0) is 14.8. The summed E-state index contributed by atoms with van der Waals surface area (Å²) in [6.07, 6.45) is 0. The number of hydrogen-bond acceptors (Lipinski definition) is 7. The van der Waals surface area contributed by atoms with Crippen LogP contribution in [0.4, 0.5) is 11.8 Å². The monoisotopic (exact) mass is 324 g/mol. The molecule has 21 heavy (non-hydrogen) atoms. The largest absolute Gasteiger partial charge is 0.368 e. The van der Waals surface area contributed by atoms with Crippen LogP contribution in [0.2, 0.25) is 5.15 Å². The van der Waals surface area contributed by atoms with Crippen molar-refractivity contribution < 1.29 is 0 Å². The molecule has 112 valence electrons. The van der Waals surface area contributed by atoms with Crippen molar-refractivity contribution >= 4 is 34.7 Å². The average molecular weight is 325 g/mol. The maximum Gasteiger partial charge on any atom is 0.223 e. The van der Waals surface area contributed by atoms with Crippen molar-refractivity contribution in [3.63, 3.8) is 0 Å². The van der Waals surface area contributed by atoms with Gasteiger partial charge in [0.1, 0.15) is 11.0 Å². The van der Waals surface area contributed by atoms with Crippen LogP contribution in [0, 0.1) is 6.92 Å². The summed E-state index contributed by atoms with van der Waals surface area (Å²) in [4.78, 5) is 17.2. The fourth-order valence-corrected chi connectivity index (χ4v) is 3.22. The van der Waals surface area contributed by atoms with E-state index >= 15 is 0 Å². The van der Waals surface area contributed by atoms with E-state index in [0.29, 0.717) is 5.15 Å². The Morgan fingerprint density at radius 2 is 2.00 bits per heavy atom. The fourth-order valence-electron chi connectivity index (χ4n) is 2.43. The molecule has 0 aromatic carbocycles. The maximum absolute atomic E-state index is 5.93. The number of thiazole rings is 1. The Morgan fingerprint density at radius 3 is 2.62 bits per heavy atom. The number of piperazine rings is 1. The fraction of sp³-hybridized carbons (Fsp3) is 0.462. The van der Waals surface area contributed by atoms with Gasteiger partial charge in [-0.3, -0.25) is 4.90 Å². The number of aromatic nitrogens is 3. The van der Waals surface area contributed by atoms with Crippen LogP contribution in [0.25, 0.3) is 0 Å². The minimum Gasteiger partial charge on any atom is -0.368 e. The standard InChI is InChI=1S/C13H17ClN6S/c1-9-16-10(8-21-9)7-19-2-4-20(5-3-19)12-6-11(14)17-13(15)18-12/h6,8H,2-5,7H2,1H3,(H2,15,17,18). The van der Waals surface area contributed by atoms with Gasteiger partial charge in [0.15, 0.2) is 0 Å². The third-order valence-corrected chi connectivity index (χ3v) is 4.46. The van der Waals surface area contributed by atoms with Crippen molar-refractivity contribution in [2.24, 2.45) is 0 Å². The van der Waals surface area contributed by atoms with E-state index in [9.17, 15) is 0 Å². The summed E-state index contributed by atoms with van der Waals surface area (Å²) in [5.41, 5.74) is 6.80. The summed E-state index contributed by atoms with van der Waals surface area (Å²) in [6.45, 7) is 6.68. The van der Waals surface area contributed by atoms with Crippen molar-refractivity contribution in [1.82, 2.24) is 19.9 Å². The highest BCUT2D eigenvalue weighted by molar-refractivity contribution is 7.09. The predicted octanol–water partition coefficient (Wildman–Crippen LogP) is 1.80. The smallest absolute Gasteiger partial charge is 0.223 e. The lowest BCUT2D eigenvalue weighted by molar-refractivity contribution is 0.247. The molecule has 0 spiro atoms. The molecule has 0 atom stereocenters. The number of anilines is 2. The molecule has 0 saturated carbocycles. The van der Waals surface area contributed by atoms with Gasteiger partial charge in [-0.25, -0.2) is 9.97 Å². The van der Waals surface area contributed by atoms with Crippen molar-refractivity contribution in [3.05, 3.63) is 27.3 Å². The first-order valence-electron chi connectivity index (χ1n) is 6.78. The van der Waals surface area contributed by atoms with Gasteiger partial charge in [0.2, 0.25) is 5.95 Å². The van der Waals surface area contributed by atoms with Gasteiger partial charge in [0.25, 0.3) is 0 Å². The van der Waals surface area contributed by atoms with Gasteiger partial charge in [-0.1, -0.05) is 11.6 Å². The molecular formula is C13H17ClN6S. The molecule has 2 aromatic heterocycles. The second kappa shape index (κ2) is 6.13. The van der Waals surface area contributed by atoms with Crippen LogP contribution in [-0.4, -0.2) is 46.0 Å². The van der Waals surface area contributed by atoms with Gasteiger partial charge in [-0.15, -0.1) is 11.3 Å². The topological polar surface area (TPSA) is 71.2 Å². The molecule has 1 fully saturated rings. The highest BCUT2D eigenvalue weighted by Crippen LogP contribution is 2.19. The molecule has 8 heteroatoms. The molecule has 3 heterocycles. The Bertz CT molecular complexity index is 603. The molecule has 0 radical (unpaired) electrons. The van der Waals surface area contributed by atoms with Gasteiger partial charge >= 0.3 is 0 Å². The first kappa shape index (κ1) is 14.5. The minimum absolute atomic E-state index is 0.220. The Morgan fingerprint density at radius 1 is 1.24 bits per heavy atom. The van der Waals surface area contributed by atoms with Crippen LogP contribution >= 0.6 is 22.9 Å². The van der Waals surface area contributed by atoms with E-state index in [-0.39, 0.29) is 5.95 Å². The summed E-state index contributed by atoms with van der Waals surface area (Å²) < 4.78 is 0. The van der Waals surface area contributed by atoms with Gasteiger partial charge in [-0.2, -0.15) is 4.98 Å². The number of aryl methyl sites for hydroxylation is 1.